The fraction of sp³-hybridized carbons (Fsp3) is 0.273. The third-order valence-electron chi connectivity index (χ3n) is 4.97. The minimum absolute atomic E-state index is 0.0146. The van der Waals surface area contributed by atoms with Crippen LogP contribution in [0.5, 0.6) is 0 Å². The molecule has 2 heterocycles. The molecular formula is C22H23N3O. The zero-order chi connectivity index (χ0) is 17.8. The standard InChI is InChI=1S/C22H23N3O/c26-22(24-21-13-12-18-9-4-5-11-20(18)23-21)19-10-6-14-25(16-19)15-17-7-2-1-3-8-17/h1-5,7-9,11-13,19H,6,10,14-16H2,(H,23,24,26). The number of nitrogens with one attached hydrogen (secondary N) is 1. The van der Waals surface area contributed by atoms with E-state index in [1.54, 1.807) is 0 Å². The Hall–Kier alpha value is -2.72. The SMILES string of the molecule is O=C(Nc1ccc2ccccc2n1)C1CCCN(Cc2ccccc2)C1. The summed E-state index contributed by atoms with van der Waals surface area (Å²) in [6.07, 6.45) is 1.99. The van der Waals surface area contributed by atoms with E-state index in [0.29, 0.717) is 5.82 Å². The molecule has 1 amide bonds. The molecule has 0 saturated carbocycles. The van der Waals surface area contributed by atoms with E-state index in [9.17, 15) is 4.79 Å². The van der Waals surface area contributed by atoms with Gasteiger partial charge in [0.15, 0.2) is 0 Å². The molecule has 4 rings (SSSR count). The Morgan fingerprint density at radius 3 is 2.73 bits per heavy atom. The van der Waals surface area contributed by atoms with Crippen molar-refractivity contribution in [1.82, 2.24) is 9.88 Å². The van der Waals surface area contributed by atoms with Crippen LogP contribution in [0.1, 0.15) is 18.4 Å². The molecule has 1 aromatic heterocycles. The number of hydrogen-bond acceptors (Lipinski definition) is 3. The maximum atomic E-state index is 12.7. The molecule has 0 radical (unpaired) electrons. The van der Waals surface area contributed by atoms with Crippen LogP contribution in [0.15, 0.2) is 66.7 Å². The van der Waals surface area contributed by atoms with Crippen LogP contribution in [0.3, 0.4) is 0 Å². The molecule has 0 aliphatic carbocycles. The van der Waals surface area contributed by atoms with Crippen LogP contribution >= 0.6 is 0 Å². The molecule has 1 unspecified atom stereocenters. The second-order valence-electron chi connectivity index (χ2n) is 6.94. The molecule has 1 N–H and O–H groups in total. The number of rotatable bonds is 4. The highest BCUT2D eigenvalue weighted by Gasteiger charge is 2.26. The van der Waals surface area contributed by atoms with Crippen LogP contribution in [0.4, 0.5) is 5.82 Å². The van der Waals surface area contributed by atoms with Crippen LogP contribution in [-0.2, 0) is 11.3 Å². The predicted octanol–water partition coefficient (Wildman–Crippen LogP) is 4.09. The quantitative estimate of drug-likeness (QED) is 0.775. The van der Waals surface area contributed by atoms with E-state index in [-0.39, 0.29) is 11.8 Å². The van der Waals surface area contributed by atoms with Gasteiger partial charge in [-0.15, -0.1) is 0 Å². The lowest BCUT2D eigenvalue weighted by Gasteiger charge is -2.32. The van der Waals surface area contributed by atoms with E-state index < -0.39 is 0 Å². The van der Waals surface area contributed by atoms with Crippen LogP contribution in [0.25, 0.3) is 10.9 Å². The first-order valence-electron chi connectivity index (χ1n) is 9.21. The summed E-state index contributed by atoms with van der Waals surface area (Å²) in [6, 6.07) is 22.3. The summed E-state index contributed by atoms with van der Waals surface area (Å²) in [7, 11) is 0. The van der Waals surface area contributed by atoms with Gasteiger partial charge in [0.25, 0.3) is 0 Å². The number of carbonyl (C=O) groups is 1. The van der Waals surface area contributed by atoms with Crippen LogP contribution in [0.2, 0.25) is 0 Å². The number of anilines is 1. The topological polar surface area (TPSA) is 45.2 Å². The minimum atomic E-state index is 0.0146. The van der Waals surface area contributed by atoms with Gasteiger partial charge in [-0.1, -0.05) is 48.5 Å². The average molecular weight is 345 g/mol. The summed E-state index contributed by atoms with van der Waals surface area (Å²) in [5, 5.41) is 4.09. The van der Waals surface area contributed by atoms with Crippen molar-refractivity contribution in [2.24, 2.45) is 5.92 Å². The first-order valence-corrected chi connectivity index (χ1v) is 9.21. The number of piperidine rings is 1. The lowest BCUT2D eigenvalue weighted by molar-refractivity contribution is -0.121. The molecule has 132 valence electrons. The maximum Gasteiger partial charge on any atom is 0.229 e. The number of benzene rings is 2. The van der Waals surface area contributed by atoms with Gasteiger partial charge in [0.2, 0.25) is 5.91 Å². The Morgan fingerprint density at radius 2 is 1.85 bits per heavy atom. The van der Waals surface area contributed by atoms with Crippen molar-refractivity contribution in [2.45, 2.75) is 19.4 Å². The second kappa shape index (κ2) is 7.67. The molecule has 4 nitrogen and oxygen atoms in total. The van der Waals surface area contributed by atoms with Crippen LogP contribution < -0.4 is 5.32 Å². The molecule has 3 aromatic rings. The minimum Gasteiger partial charge on any atom is -0.310 e. The van der Waals surface area contributed by atoms with Gasteiger partial charge < -0.3 is 5.32 Å². The lowest BCUT2D eigenvalue weighted by atomic mass is 9.96. The molecule has 0 spiro atoms. The van der Waals surface area contributed by atoms with Gasteiger partial charge >= 0.3 is 0 Å². The van der Waals surface area contributed by atoms with E-state index in [1.807, 2.05) is 42.5 Å². The van der Waals surface area contributed by atoms with E-state index in [0.717, 1.165) is 43.4 Å². The maximum absolute atomic E-state index is 12.7. The Morgan fingerprint density at radius 1 is 1.04 bits per heavy atom. The van der Waals surface area contributed by atoms with Gasteiger partial charge in [-0.05, 0) is 43.1 Å². The number of amides is 1. The van der Waals surface area contributed by atoms with Crippen molar-refractivity contribution < 1.29 is 4.79 Å². The molecule has 1 aliphatic heterocycles. The Labute approximate surface area is 153 Å². The monoisotopic (exact) mass is 345 g/mol. The molecule has 26 heavy (non-hydrogen) atoms. The van der Waals surface area contributed by atoms with Crippen molar-refractivity contribution >= 4 is 22.6 Å². The molecule has 1 saturated heterocycles. The lowest BCUT2D eigenvalue weighted by Crippen LogP contribution is -2.40. The number of pyridine rings is 1. The molecule has 4 heteroatoms. The fourth-order valence-electron chi connectivity index (χ4n) is 3.62. The molecule has 1 fully saturated rings. The van der Waals surface area contributed by atoms with Crippen LogP contribution in [0, 0.1) is 5.92 Å². The van der Waals surface area contributed by atoms with E-state index in [1.165, 1.54) is 5.56 Å². The highest BCUT2D eigenvalue weighted by Crippen LogP contribution is 2.21. The Balaban J connectivity index is 1.40. The number of para-hydroxylation sites is 1. The summed E-state index contributed by atoms with van der Waals surface area (Å²) in [6.45, 7) is 2.75. The number of aromatic nitrogens is 1. The first-order chi connectivity index (χ1) is 12.8. The molecular weight excluding hydrogens is 322 g/mol. The molecule has 2 aromatic carbocycles. The number of nitrogens with zero attached hydrogens (tertiary/aromatic N) is 2. The van der Waals surface area contributed by atoms with Gasteiger partial charge in [0.1, 0.15) is 5.82 Å². The van der Waals surface area contributed by atoms with E-state index in [4.69, 9.17) is 0 Å². The van der Waals surface area contributed by atoms with Gasteiger partial charge in [0, 0.05) is 18.5 Å². The summed E-state index contributed by atoms with van der Waals surface area (Å²) in [5.41, 5.74) is 2.20. The highest BCUT2D eigenvalue weighted by atomic mass is 16.2. The second-order valence-corrected chi connectivity index (χ2v) is 6.94. The zero-order valence-corrected chi connectivity index (χ0v) is 14.8. The third kappa shape index (κ3) is 3.92. The molecule has 0 bridgehead atoms. The smallest absolute Gasteiger partial charge is 0.229 e. The normalized spacial score (nSPS) is 17.9. The third-order valence-corrected chi connectivity index (χ3v) is 4.97. The highest BCUT2D eigenvalue weighted by molar-refractivity contribution is 5.93. The van der Waals surface area contributed by atoms with Gasteiger partial charge in [-0.2, -0.15) is 0 Å². The summed E-state index contributed by atoms with van der Waals surface area (Å²) >= 11 is 0. The number of hydrogen-bond donors (Lipinski definition) is 1. The average Bonchev–Trinajstić information content (AvgIpc) is 2.69. The number of carbonyl (C=O) groups excluding carboxylic acids is 1. The summed E-state index contributed by atoms with van der Waals surface area (Å²) < 4.78 is 0. The van der Waals surface area contributed by atoms with Crippen molar-refractivity contribution in [3.05, 3.63) is 72.3 Å². The van der Waals surface area contributed by atoms with Gasteiger partial charge in [0.05, 0.1) is 11.4 Å². The summed E-state index contributed by atoms with van der Waals surface area (Å²) in [4.78, 5) is 19.6. The van der Waals surface area contributed by atoms with Crippen molar-refractivity contribution in [3.8, 4) is 0 Å². The Kier molecular flexibility index (Phi) is 4.93. The molecule has 1 aliphatic rings. The van der Waals surface area contributed by atoms with Gasteiger partial charge in [-0.3, -0.25) is 9.69 Å². The van der Waals surface area contributed by atoms with Crippen molar-refractivity contribution in [1.29, 1.82) is 0 Å². The van der Waals surface area contributed by atoms with Crippen molar-refractivity contribution in [3.63, 3.8) is 0 Å². The number of fused-ring (bicyclic) bond motifs is 1. The van der Waals surface area contributed by atoms with E-state index in [2.05, 4.69) is 39.5 Å². The first kappa shape index (κ1) is 16.7. The predicted molar refractivity (Wildman–Crippen MR) is 105 cm³/mol. The zero-order valence-electron chi connectivity index (χ0n) is 14.8. The van der Waals surface area contributed by atoms with E-state index >= 15 is 0 Å². The summed E-state index contributed by atoms with van der Waals surface area (Å²) in [5.74, 6) is 0.722. The Bertz CT molecular complexity index is 894. The largest absolute Gasteiger partial charge is 0.310 e. The molecule has 1 atom stereocenters. The van der Waals surface area contributed by atoms with Gasteiger partial charge in [-0.25, -0.2) is 4.98 Å². The van der Waals surface area contributed by atoms with Crippen LogP contribution in [-0.4, -0.2) is 28.9 Å². The fourth-order valence-corrected chi connectivity index (χ4v) is 3.62. The van der Waals surface area contributed by atoms with Crippen molar-refractivity contribution in [2.75, 3.05) is 18.4 Å². The number of likely N-dealkylation sites (tertiary alicyclic amines) is 1.